The highest BCUT2D eigenvalue weighted by Gasteiger charge is 2.14. The molecule has 0 amide bonds. The van der Waals surface area contributed by atoms with E-state index in [0.29, 0.717) is 5.92 Å². The highest BCUT2D eigenvalue weighted by molar-refractivity contribution is 9.10. The average Bonchev–Trinajstić information content (AvgIpc) is 2.57. The molecule has 110 valence electrons. The van der Waals surface area contributed by atoms with Gasteiger partial charge in [-0.25, -0.2) is 0 Å². The lowest BCUT2D eigenvalue weighted by Crippen LogP contribution is -2.03. The number of hydrogen-bond acceptors (Lipinski definition) is 0. The molecular formula is C21H19Br. The fraction of sp³-hybridized carbons (Fsp3) is 0.143. The van der Waals surface area contributed by atoms with Crippen molar-refractivity contribution in [2.75, 3.05) is 0 Å². The van der Waals surface area contributed by atoms with Crippen molar-refractivity contribution in [3.05, 3.63) is 106 Å². The van der Waals surface area contributed by atoms with Gasteiger partial charge in [0, 0.05) is 10.4 Å². The highest BCUT2D eigenvalue weighted by atomic mass is 79.9. The van der Waals surface area contributed by atoms with Gasteiger partial charge in [0.05, 0.1) is 0 Å². The first kappa shape index (κ1) is 15.1. The summed E-state index contributed by atoms with van der Waals surface area (Å²) in [6.45, 7) is 0. The van der Waals surface area contributed by atoms with Crippen molar-refractivity contribution in [1.29, 1.82) is 0 Å². The van der Waals surface area contributed by atoms with E-state index in [4.69, 9.17) is 0 Å². The summed E-state index contributed by atoms with van der Waals surface area (Å²) in [6.07, 6.45) is 2.21. The minimum atomic E-state index is 0.430. The van der Waals surface area contributed by atoms with E-state index in [9.17, 15) is 0 Å². The van der Waals surface area contributed by atoms with Crippen LogP contribution in [-0.2, 0) is 6.42 Å². The minimum absolute atomic E-state index is 0.430. The largest absolute Gasteiger partial charge is 0.0622 e. The summed E-state index contributed by atoms with van der Waals surface area (Å²) in [5, 5.41) is 0. The van der Waals surface area contributed by atoms with E-state index >= 15 is 0 Å². The molecule has 0 fully saturated rings. The van der Waals surface area contributed by atoms with E-state index in [-0.39, 0.29) is 0 Å². The summed E-state index contributed by atoms with van der Waals surface area (Å²) < 4.78 is 1.14. The quantitative estimate of drug-likeness (QED) is 0.512. The van der Waals surface area contributed by atoms with E-state index in [1.54, 1.807) is 0 Å². The Hall–Kier alpha value is -1.86. The molecular weight excluding hydrogens is 332 g/mol. The lowest BCUT2D eigenvalue weighted by molar-refractivity contribution is 0.715. The van der Waals surface area contributed by atoms with Crippen molar-refractivity contribution in [2.45, 2.75) is 18.8 Å². The van der Waals surface area contributed by atoms with Crippen LogP contribution in [-0.4, -0.2) is 0 Å². The van der Waals surface area contributed by atoms with Crippen LogP contribution < -0.4 is 0 Å². The van der Waals surface area contributed by atoms with Crippen molar-refractivity contribution in [3.63, 3.8) is 0 Å². The molecule has 22 heavy (non-hydrogen) atoms. The maximum absolute atomic E-state index is 3.60. The Morgan fingerprint density at radius 1 is 0.682 bits per heavy atom. The fourth-order valence-corrected chi connectivity index (χ4v) is 3.31. The van der Waals surface area contributed by atoms with Gasteiger partial charge >= 0.3 is 0 Å². The summed E-state index contributed by atoms with van der Waals surface area (Å²) in [5.41, 5.74) is 4.16. The Kier molecular flexibility index (Phi) is 5.07. The second-order valence-corrected chi connectivity index (χ2v) is 6.46. The summed E-state index contributed by atoms with van der Waals surface area (Å²) in [7, 11) is 0. The third-order valence-corrected chi connectivity index (χ3v) is 4.51. The lowest BCUT2D eigenvalue weighted by atomic mass is 9.86. The molecule has 1 atom stereocenters. The molecule has 1 heteroatoms. The van der Waals surface area contributed by atoms with Gasteiger partial charge in [0.2, 0.25) is 0 Å². The third kappa shape index (κ3) is 3.86. The standard InChI is InChI=1S/C21H19Br/c22-20-13-7-12-19(16-20)21(18-10-5-2-6-11-18)15-14-17-8-3-1-4-9-17/h1-13,16,21H,14-15H2. The monoisotopic (exact) mass is 350 g/mol. The maximum Gasteiger partial charge on any atom is 0.0178 e. The first-order valence-electron chi connectivity index (χ1n) is 7.67. The molecule has 0 aliphatic heterocycles. The number of benzene rings is 3. The Labute approximate surface area is 141 Å². The first-order valence-corrected chi connectivity index (χ1v) is 8.46. The summed E-state index contributed by atoms with van der Waals surface area (Å²) in [5.74, 6) is 0.430. The van der Waals surface area contributed by atoms with E-state index in [2.05, 4.69) is 101 Å². The number of halogens is 1. The van der Waals surface area contributed by atoms with E-state index in [1.807, 2.05) is 0 Å². The Bertz CT molecular complexity index is 704. The van der Waals surface area contributed by atoms with Gasteiger partial charge in [0.1, 0.15) is 0 Å². The number of hydrogen-bond donors (Lipinski definition) is 0. The van der Waals surface area contributed by atoms with Gasteiger partial charge in [-0.1, -0.05) is 88.7 Å². The van der Waals surface area contributed by atoms with Gasteiger partial charge in [-0.2, -0.15) is 0 Å². The van der Waals surface area contributed by atoms with Crippen LogP contribution in [0.2, 0.25) is 0 Å². The van der Waals surface area contributed by atoms with Crippen LogP contribution in [0.4, 0.5) is 0 Å². The fourth-order valence-electron chi connectivity index (χ4n) is 2.89. The van der Waals surface area contributed by atoms with Gasteiger partial charge < -0.3 is 0 Å². The molecule has 0 heterocycles. The summed E-state index contributed by atoms with van der Waals surface area (Å²) >= 11 is 3.60. The van der Waals surface area contributed by atoms with Crippen molar-refractivity contribution in [1.82, 2.24) is 0 Å². The molecule has 3 aromatic rings. The molecule has 0 aliphatic carbocycles. The summed E-state index contributed by atoms with van der Waals surface area (Å²) in [4.78, 5) is 0. The minimum Gasteiger partial charge on any atom is -0.0622 e. The van der Waals surface area contributed by atoms with E-state index in [1.165, 1.54) is 16.7 Å². The zero-order valence-electron chi connectivity index (χ0n) is 12.5. The average molecular weight is 351 g/mol. The van der Waals surface area contributed by atoms with Gasteiger partial charge in [-0.05, 0) is 41.7 Å². The van der Waals surface area contributed by atoms with Crippen molar-refractivity contribution in [3.8, 4) is 0 Å². The Morgan fingerprint density at radius 3 is 2.00 bits per heavy atom. The maximum atomic E-state index is 3.60. The third-order valence-electron chi connectivity index (χ3n) is 4.02. The van der Waals surface area contributed by atoms with E-state index < -0.39 is 0 Å². The smallest absolute Gasteiger partial charge is 0.0178 e. The SMILES string of the molecule is Brc1cccc(C(CCc2ccccc2)c2ccccc2)c1. The van der Waals surface area contributed by atoms with Gasteiger partial charge in [-0.3, -0.25) is 0 Å². The predicted molar refractivity (Wildman–Crippen MR) is 97.2 cm³/mol. The molecule has 3 aromatic carbocycles. The Balaban J connectivity index is 1.86. The van der Waals surface area contributed by atoms with Crippen LogP contribution in [0.5, 0.6) is 0 Å². The zero-order valence-corrected chi connectivity index (χ0v) is 14.0. The molecule has 1 unspecified atom stereocenters. The molecule has 0 aliphatic rings. The van der Waals surface area contributed by atoms with E-state index in [0.717, 1.165) is 17.3 Å². The first-order chi connectivity index (χ1) is 10.8. The van der Waals surface area contributed by atoms with Crippen LogP contribution in [0.1, 0.15) is 29.0 Å². The topological polar surface area (TPSA) is 0 Å². The van der Waals surface area contributed by atoms with Crippen LogP contribution in [0, 0.1) is 0 Å². The molecule has 0 spiro atoms. The van der Waals surface area contributed by atoms with Crippen LogP contribution >= 0.6 is 15.9 Å². The van der Waals surface area contributed by atoms with Crippen molar-refractivity contribution in [2.24, 2.45) is 0 Å². The van der Waals surface area contributed by atoms with Crippen LogP contribution in [0.25, 0.3) is 0 Å². The second-order valence-electron chi connectivity index (χ2n) is 5.54. The molecule has 0 saturated heterocycles. The highest BCUT2D eigenvalue weighted by Crippen LogP contribution is 2.30. The molecule has 0 radical (unpaired) electrons. The normalized spacial score (nSPS) is 12.0. The molecule has 0 aromatic heterocycles. The van der Waals surface area contributed by atoms with Crippen molar-refractivity contribution < 1.29 is 0 Å². The Morgan fingerprint density at radius 2 is 1.32 bits per heavy atom. The number of rotatable bonds is 5. The summed E-state index contributed by atoms with van der Waals surface area (Å²) in [6, 6.07) is 30.2. The lowest BCUT2D eigenvalue weighted by Gasteiger charge is -2.18. The number of aryl methyl sites for hydroxylation is 1. The molecule has 0 saturated carbocycles. The van der Waals surface area contributed by atoms with Gasteiger partial charge in [0.25, 0.3) is 0 Å². The molecule has 3 rings (SSSR count). The van der Waals surface area contributed by atoms with Gasteiger partial charge in [-0.15, -0.1) is 0 Å². The molecule has 0 bridgehead atoms. The second kappa shape index (κ2) is 7.42. The van der Waals surface area contributed by atoms with Crippen LogP contribution in [0.3, 0.4) is 0 Å². The molecule has 0 nitrogen and oxygen atoms in total. The molecule has 0 N–H and O–H groups in total. The predicted octanol–water partition coefficient (Wildman–Crippen LogP) is 6.21. The van der Waals surface area contributed by atoms with Crippen molar-refractivity contribution >= 4 is 15.9 Å². The zero-order chi connectivity index (χ0) is 15.2. The van der Waals surface area contributed by atoms with Gasteiger partial charge in [0.15, 0.2) is 0 Å². The van der Waals surface area contributed by atoms with Crippen LogP contribution in [0.15, 0.2) is 89.4 Å².